The summed E-state index contributed by atoms with van der Waals surface area (Å²) in [6.07, 6.45) is 0. The van der Waals surface area contributed by atoms with Gasteiger partial charge in [-0.3, -0.25) is 4.79 Å². The van der Waals surface area contributed by atoms with Crippen LogP contribution in [0.3, 0.4) is 0 Å². The lowest BCUT2D eigenvalue weighted by Crippen LogP contribution is -2.16. The summed E-state index contributed by atoms with van der Waals surface area (Å²) in [4.78, 5) is 22.2. The summed E-state index contributed by atoms with van der Waals surface area (Å²) in [7, 11) is 1.41. The van der Waals surface area contributed by atoms with Crippen LogP contribution in [0.2, 0.25) is 0 Å². The molecule has 0 fully saturated rings. The molecule has 0 aromatic heterocycles. The van der Waals surface area contributed by atoms with Crippen molar-refractivity contribution in [3.63, 3.8) is 0 Å². The van der Waals surface area contributed by atoms with E-state index in [9.17, 15) is 9.59 Å². The highest BCUT2D eigenvalue weighted by Gasteiger charge is 2.24. The van der Waals surface area contributed by atoms with Gasteiger partial charge in [-0.2, -0.15) is 0 Å². The van der Waals surface area contributed by atoms with E-state index in [1.165, 1.54) is 7.11 Å². The lowest BCUT2D eigenvalue weighted by Gasteiger charge is -2.13. The van der Waals surface area contributed by atoms with Crippen LogP contribution in [-0.2, 0) is 4.79 Å². The Labute approximate surface area is 101 Å². The van der Waals surface area contributed by atoms with Crippen LogP contribution >= 0.6 is 15.9 Å². The van der Waals surface area contributed by atoms with Crippen molar-refractivity contribution in [2.24, 2.45) is 0 Å². The molecule has 1 aromatic rings. The van der Waals surface area contributed by atoms with Crippen LogP contribution in [0.5, 0.6) is 5.75 Å². The molecule has 0 atom stereocenters. The Morgan fingerprint density at radius 2 is 1.94 bits per heavy atom. The van der Waals surface area contributed by atoms with Crippen molar-refractivity contribution in [3.8, 4) is 5.75 Å². The van der Waals surface area contributed by atoms with Crippen molar-refractivity contribution in [1.29, 1.82) is 0 Å². The number of methoxy groups -OCH3 is 1. The van der Waals surface area contributed by atoms with Gasteiger partial charge in [-0.1, -0.05) is 15.9 Å². The van der Waals surface area contributed by atoms with Gasteiger partial charge in [0.05, 0.1) is 12.7 Å². The van der Waals surface area contributed by atoms with Gasteiger partial charge >= 0.3 is 5.97 Å². The number of carbonyl (C=O) groups is 2. The Hall–Kier alpha value is -1.36. The van der Waals surface area contributed by atoms with E-state index >= 15 is 0 Å². The van der Waals surface area contributed by atoms with Gasteiger partial charge in [0.2, 0.25) is 0 Å². The molecule has 0 radical (unpaired) electrons. The van der Waals surface area contributed by atoms with E-state index in [-0.39, 0.29) is 5.56 Å². The molecule has 0 saturated heterocycles. The minimum atomic E-state index is -1.48. The van der Waals surface area contributed by atoms with Gasteiger partial charge in [-0.05, 0) is 25.5 Å². The zero-order valence-corrected chi connectivity index (χ0v) is 10.7. The summed E-state index contributed by atoms with van der Waals surface area (Å²) in [6.45, 7) is 3.42. The molecule has 16 heavy (non-hydrogen) atoms. The fourth-order valence-electron chi connectivity index (χ4n) is 1.49. The number of ketones is 1. The first kappa shape index (κ1) is 12.7. The zero-order valence-electron chi connectivity index (χ0n) is 9.13. The van der Waals surface area contributed by atoms with Gasteiger partial charge in [0.15, 0.2) is 0 Å². The third-order valence-electron chi connectivity index (χ3n) is 2.29. The summed E-state index contributed by atoms with van der Waals surface area (Å²) >= 11 is 3.32. The molecule has 0 heterocycles. The first-order valence-corrected chi connectivity index (χ1v) is 5.30. The van der Waals surface area contributed by atoms with Gasteiger partial charge in [-0.15, -0.1) is 0 Å². The minimum absolute atomic E-state index is 0.107. The number of aryl methyl sites for hydroxylation is 1. The first-order valence-electron chi connectivity index (χ1n) is 4.51. The van der Waals surface area contributed by atoms with Crippen molar-refractivity contribution in [2.75, 3.05) is 7.11 Å². The van der Waals surface area contributed by atoms with Gasteiger partial charge in [0.1, 0.15) is 5.75 Å². The number of benzene rings is 1. The highest BCUT2D eigenvalue weighted by atomic mass is 79.9. The van der Waals surface area contributed by atoms with Gasteiger partial charge in [0, 0.05) is 10.0 Å². The van der Waals surface area contributed by atoms with E-state index in [0.29, 0.717) is 16.9 Å². The molecule has 0 unspecified atom stereocenters. The fourth-order valence-corrected chi connectivity index (χ4v) is 2.01. The lowest BCUT2D eigenvalue weighted by atomic mass is 10.00. The zero-order chi connectivity index (χ0) is 12.5. The third-order valence-corrected chi connectivity index (χ3v) is 3.11. The SMILES string of the molecule is COc1c(C)c(Br)cc(C)c1C(=O)C(=O)O. The van der Waals surface area contributed by atoms with Crippen molar-refractivity contribution >= 4 is 27.7 Å². The molecule has 0 saturated carbocycles. The number of ether oxygens (including phenoxy) is 1. The standard InChI is InChI=1S/C11H11BrO4/c1-5-4-7(12)6(2)10(16-3)8(5)9(13)11(14)15/h4H,1-3H3,(H,14,15). The Morgan fingerprint density at radius 1 is 1.38 bits per heavy atom. The van der Waals surface area contributed by atoms with Crippen LogP contribution in [0.4, 0.5) is 0 Å². The first-order chi connectivity index (χ1) is 7.40. The summed E-state index contributed by atoms with van der Waals surface area (Å²) in [6, 6.07) is 1.70. The van der Waals surface area contributed by atoms with Gasteiger partial charge in [-0.25, -0.2) is 4.79 Å². The van der Waals surface area contributed by atoms with Crippen LogP contribution in [0.15, 0.2) is 10.5 Å². The van der Waals surface area contributed by atoms with Crippen LogP contribution in [0, 0.1) is 13.8 Å². The van der Waals surface area contributed by atoms with E-state index in [4.69, 9.17) is 9.84 Å². The molecule has 1 rings (SSSR count). The molecule has 0 aliphatic rings. The molecule has 1 aromatic carbocycles. The number of carboxylic acid groups (broad SMARTS) is 1. The summed E-state index contributed by atoms with van der Waals surface area (Å²) < 4.78 is 5.88. The molecule has 5 heteroatoms. The molecular formula is C11H11BrO4. The van der Waals surface area contributed by atoms with Crippen LogP contribution < -0.4 is 4.74 Å². The number of halogens is 1. The maximum Gasteiger partial charge on any atom is 0.377 e. The highest BCUT2D eigenvalue weighted by molar-refractivity contribution is 9.10. The molecule has 0 amide bonds. The van der Waals surface area contributed by atoms with Crippen molar-refractivity contribution in [3.05, 3.63) is 27.2 Å². The Kier molecular flexibility index (Phi) is 3.70. The molecule has 0 aliphatic carbocycles. The predicted molar refractivity (Wildman–Crippen MR) is 62.1 cm³/mol. The molecule has 0 aliphatic heterocycles. The van der Waals surface area contributed by atoms with E-state index in [2.05, 4.69) is 15.9 Å². The number of carbonyl (C=O) groups excluding carboxylic acids is 1. The molecule has 0 bridgehead atoms. The maximum absolute atomic E-state index is 11.5. The molecule has 86 valence electrons. The molecule has 0 spiro atoms. The van der Waals surface area contributed by atoms with E-state index in [1.54, 1.807) is 19.9 Å². The van der Waals surface area contributed by atoms with Gasteiger partial charge < -0.3 is 9.84 Å². The monoisotopic (exact) mass is 286 g/mol. The van der Waals surface area contributed by atoms with Crippen LogP contribution in [0.25, 0.3) is 0 Å². The second kappa shape index (κ2) is 4.65. The lowest BCUT2D eigenvalue weighted by molar-refractivity contribution is -0.131. The Morgan fingerprint density at radius 3 is 2.38 bits per heavy atom. The Balaban J connectivity index is 3.55. The Bertz CT molecular complexity index is 466. The quantitative estimate of drug-likeness (QED) is 0.684. The van der Waals surface area contributed by atoms with Crippen molar-refractivity contribution in [2.45, 2.75) is 13.8 Å². The largest absolute Gasteiger partial charge is 0.496 e. The maximum atomic E-state index is 11.5. The number of carboxylic acids is 1. The van der Waals surface area contributed by atoms with Gasteiger partial charge in [0.25, 0.3) is 5.78 Å². The van der Waals surface area contributed by atoms with Crippen LogP contribution in [-0.4, -0.2) is 24.0 Å². The van der Waals surface area contributed by atoms with Crippen LogP contribution in [0.1, 0.15) is 21.5 Å². The number of aliphatic carboxylic acids is 1. The number of rotatable bonds is 3. The summed E-state index contributed by atoms with van der Waals surface area (Å²) in [5, 5.41) is 8.72. The predicted octanol–water partition coefficient (Wildman–Crippen LogP) is 2.34. The number of hydrogen-bond donors (Lipinski definition) is 1. The normalized spacial score (nSPS) is 10.0. The fraction of sp³-hybridized carbons (Fsp3) is 0.273. The van der Waals surface area contributed by atoms with Crippen molar-refractivity contribution < 1.29 is 19.4 Å². The topological polar surface area (TPSA) is 63.6 Å². The highest BCUT2D eigenvalue weighted by Crippen LogP contribution is 2.33. The minimum Gasteiger partial charge on any atom is -0.496 e. The number of hydrogen-bond acceptors (Lipinski definition) is 3. The van der Waals surface area contributed by atoms with E-state index in [0.717, 1.165) is 4.47 Å². The molecule has 4 nitrogen and oxygen atoms in total. The average molecular weight is 287 g/mol. The van der Waals surface area contributed by atoms with E-state index in [1.807, 2.05) is 0 Å². The second-order valence-corrected chi connectivity index (χ2v) is 4.20. The summed E-state index contributed by atoms with van der Waals surface area (Å²) in [5.41, 5.74) is 1.38. The smallest absolute Gasteiger partial charge is 0.377 e. The molecule has 1 N–H and O–H groups in total. The second-order valence-electron chi connectivity index (χ2n) is 3.34. The number of Topliss-reactive ketones (excluding diaryl/α,β-unsaturated/α-hetero) is 1. The summed E-state index contributed by atoms with van der Waals surface area (Å²) in [5.74, 6) is -2.13. The third kappa shape index (κ3) is 2.09. The van der Waals surface area contributed by atoms with Crippen molar-refractivity contribution in [1.82, 2.24) is 0 Å². The van der Waals surface area contributed by atoms with E-state index < -0.39 is 11.8 Å². The molecular weight excluding hydrogens is 276 g/mol. The average Bonchev–Trinajstić information content (AvgIpc) is 2.21.